The Morgan fingerprint density at radius 1 is 1.14 bits per heavy atom. The summed E-state index contributed by atoms with van der Waals surface area (Å²) in [4.78, 5) is 14.7. The largest absolute Gasteiger partial charge is 0.493 e. The summed E-state index contributed by atoms with van der Waals surface area (Å²) in [6.45, 7) is 0. The van der Waals surface area contributed by atoms with E-state index in [1.54, 1.807) is 37.7 Å². The van der Waals surface area contributed by atoms with Gasteiger partial charge in [-0.3, -0.25) is 4.79 Å². The SMILES string of the molecule is COc1cc(Cl)c(C(=O)c2cc3c(s2)CCC3)cc1OC. The van der Waals surface area contributed by atoms with Crippen LogP contribution in [0.4, 0.5) is 0 Å². The van der Waals surface area contributed by atoms with Crippen LogP contribution in [-0.2, 0) is 12.8 Å². The van der Waals surface area contributed by atoms with Crippen molar-refractivity contribution in [2.75, 3.05) is 14.2 Å². The Balaban J connectivity index is 2.00. The molecule has 0 aliphatic heterocycles. The zero-order chi connectivity index (χ0) is 15.0. The number of methoxy groups -OCH3 is 2. The van der Waals surface area contributed by atoms with Gasteiger partial charge in [-0.05, 0) is 37.0 Å². The van der Waals surface area contributed by atoms with Crippen LogP contribution in [0, 0.1) is 0 Å². The van der Waals surface area contributed by atoms with E-state index in [1.165, 1.54) is 16.9 Å². The number of thiophene rings is 1. The lowest BCUT2D eigenvalue weighted by Crippen LogP contribution is -2.02. The van der Waals surface area contributed by atoms with Gasteiger partial charge in [-0.25, -0.2) is 0 Å². The van der Waals surface area contributed by atoms with Crippen molar-refractivity contribution in [2.45, 2.75) is 19.3 Å². The third kappa shape index (κ3) is 2.54. The molecule has 0 amide bonds. The highest BCUT2D eigenvalue weighted by Gasteiger charge is 2.22. The minimum atomic E-state index is -0.0552. The molecule has 1 aliphatic rings. The molecule has 2 aromatic rings. The van der Waals surface area contributed by atoms with Crippen LogP contribution in [-0.4, -0.2) is 20.0 Å². The molecule has 3 rings (SSSR count). The van der Waals surface area contributed by atoms with Crippen LogP contribution in [0.5, 0.6) is 11.5 Å². The molecule has 0 bridgehead atoms. The van der Waals surface area contributed by atoms with Crippen molar-refractivity contribution in [3.05, 3.63) is 44.1 Å². The van der Waals surface area contributed by atoms with Crippen LogP contribution in [0.1, 0.15) is 32.1 Å². The molecule has 0 unspecified atom stereocenters. The number of hydrogen-bond acceptors (Lipinski definition) is 4. The van der Waals surface area contributed by atoms with Crippen molar-refractivity contribution < 1.29 is 14.3 Å². The van der Waals surface area contributed by atoms with E-state index >= 15 is 0 Å². The molecule has 0 N–H and O–H groups in total. The minimum absolute atomic E-state index is 0.0552. The van der Waals surface area contributed by atoms with Crippen LogP contribution in [0.2, 0.25) is 5.02 Å². The van der Waals surface area contributed by atoms with Crippen LogP contribution >= 0.6 is 22.9 Å². The third-order valence-electron chi connectivity index (χ3n) is 3.69. The highest BCUT2D eigenvalue weighted by molar-refractivity contribution is 7.14. The fraction of sp³-hybridized carbons (Fsp3) is 0.312. The second kappa shape index (κ2) is 5.70. The number of hydrogen-bond donors (Lipinski definition) is 0. The summed E-state index contributed by atoms with van der Waals surface area (Å²) in [6, 6.07) is 5.27. The Labute approximate surface area is 132 Å². The Morgan fingerprint density at radius 3 is 2.52 bits per heavy atom. The Kier molecular flexibility index (Phi) is 3.91. The molecule has 0 saturated carbocycles. The molecular formula is C16H15ClO3S. The average Bonchev–Trinajstić information content (AvgIpc) is 3.07. The molecule has 110 valence electrons. The van der Waals surface area contributed by atoms with Crippen molar-refractivity contribution in [3.8, 4) is 11.5 Å². The van der Waals surface area contributed by atoms with E-state index < -0.39 is 0 Å². The Bertz CT molecular complexity index is 684. The minimum Gasteiger partial charge on any atom is -0.493 e. The fourth-order valence-electron chi connectivity index (χ4n) is 2.60. The first kappa shape index (κ1) is 14.4. The predicted molar refractivity (Wildman–Crippen MR) is 84.3 cm³/mol. The zero-order valence-corrected chi connectivity index (χ0v) is 13.4. The van der Waals surface area contributed by atoms with Gasteiger partial charge in [0.2, 0.25) is 5.78 Å². The maximum absolute atomic E-state index is 12.7. The van der Waals surface area contributed by atoms with Gasteiger partial charge >= 0.3 is 0 Å². The number of ether oxygens (including phenoxy) is 2. The van der Waals surface area contributed by atoms with Crippen LogP contribution in [0.15, 0.2) is 18.2 Å². The number of carbonyl (C=O) groups excluding carboxylic acids is 1. The van der Waals surface area contributed by atoms with E-state index in [4.69, 9.17) is 21.1 Å². The highest BCUT2D eigenvalue weighted by Crippen LogP contribution is 2.36. The van der Waals surface area contributed by atoms with Gasteiger partial charge in [-0.2, -0.15) is 0 Å². The molecule has 21 heavy (non-hydrogen) atoms. The van der Waals surface area contributed by atoms with E-state index in [9.17, 15) is 4.79 Å². The normalized spacial score (nSPS) is 13.1. The summed E-state index contributed by atoms with van der Waals surface area (Å²) in [5.74, 6) is 0.974. The topological polar surface area (TPSA) is 35.5 Å². The number of halogens is 1. The first-order valence-electron chi connectivity index (χ1n) is 6.72. The summed E-state index contributed by atoms with van der Waals surface area (Å²) < 4.78 is 10.4. The summed E-state index contributed by atoms with van der Waals surface area (Å²) in [5, 5.41) is 0.381. The quantitative estimate of drug-likeness (QED) is 0.794. The number of fused-ring (bicyclic) bond motifs is 1. The molecule has 1 heterocycles. The second-order valence-corrected chi connectivity index (χ2v) is 6.47. The molecule has 3 nitrogen and oxygen atoms in total. The standard InChI is InChI=1S/C16H15ClO3S/c1-19-12-7-10(11(17)8-13(12)20-2)16(18)15-6-9-4-3-5-14(9)21-15/h6-8H,3-5H2,1-2H3. The molecule has 1 aromatic heterocycles. The van der Waals surface area contributed by atoms with Gasteiger partial charge in [0.05, 0.1) is 24.1 Å². The van der Waals surface area contributed by atoms with E-state index in [-0.39, 0.29) is 5.78 Å². The fourth-order valence-corrected chi connectivity index (χ4v) is 4.05. The van der Waals surface area contributed by atoms with Gasteiger partial charge in [0.15, 0.2) is 11.5 Å². The second-order valence-electron chi connectivity index (χ2n) is 4.93. The molecular weight excluding hydrogens is 308 g/mol. The zero-order valence-electron chi connectivity index (χ0n) is 11.9. The molecule has 1 aliphatic carbocycles. The van der Waals surface area contributed by atoms with Crippen molar-refractivity contribution >= 4 is 28.7 Å². The summed E-state index contributed by atoms with van der Waals surface area (Å²) >= 11 is 7.80. The van der Waals surface area contributed by atoms with E-state index in [0.29, 0.717) is 22.1 Å². The van der Waals surface area contributed by atoms with Crippen molar-refractivity contribution in [1.82, 2.24) is 0 Å². The van der Waals surface area contributed by atoms with Crippen molar-refractivity contribution in [3.63, 3.8) is 0 Å². The highest BCUT2D eigenvalue weighted by atomic mass is 35.5. The van der Waals surface area contributed by atoms with Gasteiger partial charge in [0.25, 0.3) is 0 Å². The van der Waals surface area contributed by atoms with Crippen LogP contribution in [0.25, 0.3) is 0 Å². The van der Waals surface area contributed by atoms with Gasteiger partial charge in [0.1, 0.15) is 0 Å². The lowest BCUT2D eigenvalue weighted by molar-refractivity contribution is 0.104. The van der Waals surface area contributed by atoms with Crippen molar-refractivity contribution in [1.29, 1.82) is 0 Å². The van der Waals surface area contributed by atoms with Gasteiger partial charge < -0.3 is 9.47 Å². The number of aryl methyl sites for hydroxylation is 2. The summed E-state index contributed by atoms with van der Waals surface area (Å²) in [6.07, 6.45) is 3.33. The van der Waals surface area contributed by atoms with E-state index in [1.807, 2.05) is 6.07 Å². The maximum atomic E-state index is 12.7. The lowest BCUT2D eigenvalue weighted by atomic mass is 10.1. The van der Waals surface area contributed by atoms with E-state index in [2.05, 4.69) is 0 Å². The summed E-state index contributed by atoms with van der Waals surface area (Å²) in [5.41, 5.74) is 1.76. The average molecular weight is 323 g/mol. The van der Waals surface area contributed by atoms with Crippen LogP contribution in [0.3, 0.4) is 0 Å². The monoisotopic (exact) mass is 322 g/mol. The predicted octanol–water partition coefficient (Wildman–Crippen LogP) is 4.14. The Hall–Kier alpha value is -1.52. The van der Waals surface area contributed by atoms with Gasteiger partial charge in [-0.15, -0.1) is 11.3 Å². The molecule has 0 fully saturated rings. The first-order valence-corrected chi connectivity index (χ1v) is 7.91. The molecule has 0 saturated heterocycles. The Morgan fingerprint density at radius 2 is 1.86 bits per heavy atom. The van der Waals surface area contributed by atoms with Gasteiger partial charge in [-0.1, -0.05) is 11.6 Å². The molecule has 1 aromatic carbocycles. The number of carbonyl (C=O) groups is 1. The molecule has 0 spiro atoms. The molecule has 5 heteroatoms. The molecule has 0 atom stereocenters. The smallest absolute Gasteiger partial charge is 0.204 e. The maximum Gasteiger partial charge on any atom is 0.204 e. The van der Waals surface area contributed by atoms with Gasteiger partial charge in [0, 0.05) is 16.5 Å². The van der Waals surface area contributed by atoms with E-state index in [0.717, 1.165) is 17.7 Å². The lowest BCUT2D eigenvalue weighted by Gasteiger charge is -2.10. The first-order chi connectivity index (χ1) is 10.1. The summed E-state index contributed by atoms with van der Waals surface area (Å²) in [7, 11) is 3.08. The molecule has 0 radical (unpaired) electrons. The van der Waals surface area contributed by atoms with Crippen molar-refractivity contribution in [2.24, 2.45) is 0 Å². The third-order valence-corrected chi connectivity index (χ3v) is 5.24. The number of rotatable bonds is 4. The van der Waals surface area contributed by atoms with Crippen LogP contribution < -0.4 is 9.47 Å². The number of ketones is 1. The number of benzene rings is 1.